The fourth-order valence-electron chi connectivity index (χ4n) is 3.98. The number of carbonyl (C=O) groups excluding carboxylic acids is 1. The van der Waals surface area contributed by atoms with Crippen LogP contribution in [0.1, 0.15) is 32.3 Å². The summed E-state index contributed by atoms with van der Waals surface area (Å²) in [4.78, 5) is 24.6. The third-order valence-electron chi connectivity index (χ3n) is 6.14. The summed E-state index contributed by atoms with van der Waals surface area (Å²) in [6.45, 7) is 5.38. The van der Waals surface area contributed by atoms with Gasteiger partial charge in [-0.05, 0) is 49.6 Å². The zero-order valence-corrected chi connectivity index (χ0v) is 21.0. The van der Waals surface area contributed by atoms with Crippen molar-refractivity contribution in [2.75, 3.05) is 18.0 Å². The van der Waals surface area contributed by atoms with Gasteiger partial charge < -0.3 is 10.2 Å². The Morgan fingerprint density at radius 2 is 1.66 bits per heavy atom. The largest absolute Gasteiger partial charge is 0.355 e. The van der Waals surface area contributed by atoms with Crippen molar-refractivity contribution in [3.05, 3.63) is 89.4 Å². The van der Waals surface area contributed by atoms with E-state index in [1.54, 1.807) is 0 Å². The lowest BCUT2D eigenvalue weighted by atomic mass is 10.1. The molecular weight excluding hydrogens is 456 g/mol. The standard InChI is InChI=1S/C29H31ClN4O/c1-3-21(2)31-27(35)18-20-34(19-17-22-11-5-4-6-12-22)29-24-14-8-10-16-26(24)32-28(33-29)23-13-7-9-15-25(23)30/h4-16,21H,3,17-20H2,1-2H3,(H,31,35)/t21-/m1/s1. The van der Waals surface area contributed by atoms with Crippen LogP contribution >= 0.6 is 11.6 Å². The van der Waals surface area contributed by atoms with Gasteiger partial charge in [0, 0.05) is 36.5 Å². The van der Waals surface area contributed by atoms with Crippen LogP contribution in [0.25, 0.3) is 22.3 Å². The Morgan fingerprint density at radius 1 is 0.943 bits per heavy atom. The quantitative estimate of drug-likeness (QED) is 0.285. The topological polar surface area (TPSA) is 58.1 Å². The first kappa shape index (κ1) is 24.7. The lowest BCUT2D eigenvalue weighted by Crippen LogP contribution is -2.36. The number of halogens is 1. The van der Waals surface area contributed by atoms with E-state index in [0.29, 0.717) is 23.8 Å². The Labute approximate surface area is 212 Å². The molecule has 5 nitrogen and oxygen atoms in total. The van der Waals surface area contributed by atoms with E-state index in [1.807, 2.05) is 61.5 Å². The second-order valence-electron chi connectivity index (χ2n) is 8.72. The normalized spacial score (nSPS) is 11.9. The summed E-state index contributed by atoms with van der Waals surface area (Å²) >= 11 is 6.50. The van der Waals surface area contributed by atoms with Gasteiger partial charge in [0.2, 0.25) is 5.91 Å². The summed E-state index contributed by atoms with van der Waals surface area (Å²) in [5.74, 6) is 1.45. The van der Waals surface area contributed by atoms with Crippen molar-refractivity contribution in [1.29, 1.82) is 0 Å². The summed E-state index contributed by atoms with van der Waals surface area (Å²) in [6.07, 6.45) is 2.13. The molecule has 1 N–H and O–H groups in total. The Bertz CT molecular complexity index is 1280. The number of hydrogen-bond donors (Lipinski definition) is 1. The van der Waals surface area contributed by atoms with Gasteiger partial charge in [0.1, 0.15) is 5.82 Å². The highest BCUT2D eigenvalue weighted by Crippen LogP contribution is 2.31. The number of para-hydroxylation sites is 1. The van der Waals surface area contributed by atoms with E-state index in [1.165, 1.54) is 5.56 Å². The molecule has 4 rings (SSSR count). The highest BCUT2D eigenvalue weighted by Gasteiger charge is 2.18. The average molecular weight is 487 g/mol. The van der Waals surface area contributed by atoms with E-state index in [-0.39, 0.29) is 11.9 Å². The summed E-state index contributed by atoms with van der Waals surface area (Å²) in [7, 11) is 0. The van der Waals surface area contributed by atoms with E-state index in [4.69, 9.17) is 21.6 Å². The molecule has 0 aliphatic rings. The first-order chi connectivity index (χ1) is 17.0. The fraction of sp³-hybridized carbons (Fsp3) is 0.276. The lowest BCUT2D eigenvalue weighted by Gasteiger charge is -2.26. The minimum Gasteiger partial charge on any atom is -0.355 e. The molecule has 1 heterocycles. The molecule has 0 spiro atoms. The third kappa shape index (κ3) is 6.37. The molecule has 3 aromatic carbocycles. The van der Waals surface area contributed by atoms with Gasteiger partial charge in [0.25, 0.3) is 0 Å². The van der Waals surface area contributed by atoms with E-state index in [9.17, 15) is 4.79 Å². The fourth-order valence-corrected chi connectivity index (χ4v) is 4.20. The number of rotatable bonds is 10. The van der Waals surface area contributed by atoms with Crippen LogP contribution in [0.15, 0.2) is 78.9 Å². The molecule has 0 fully saturated rings. The summed E-state index contributed by atoms with van der Waals surface area (Å²) < 4.78 is 0. The number of aromatic nitrogens is 2. The maximum Gasteiger partial charge on any atom is 0.221 e. The number of fused-ring (bicyclic) bond motifs is 1. The Hall–Kier alpha value is -3.44. The molecule has 35 heavy (non-hydrogen) atoms. The zero-order chi connectivity index (χ0) is 24.6. The smallest absolute Gasteiger partial charge is 0.221 e. The Balaban J connectivity index is 1.71. The molecule has 4 aromatic rings. The first-order valence-electron chi connectivity index (χ1n) is 12.1. The monoisotopic (exact) mass is 486 g/mol. The number of nitrogens with zero attached hydrogens (tertiary/aromatic N) is 3. The van der Waals surface area contributed by atoms with Gasteiger partial charge >= 0.3 is 0 Å². The molecule has 0 unspecified atom stereocenters. The summed E-state index contributed by atoms with van der Waals surface area (Å²) in [5.41, 5.74) is 2.88. The summed E-state index contributed by atoms with van der Waals surface area (Å²) in [5, 5.41) is 4.64. The molecule has 1 atom stereocenters. The van der Waals surface area contributed by atoms with Crippen LogP contribution in [0.5, 0.6) is 0 Å². The lowest BCUT2D eigenvalue weighted by molar-refractivity contribution is -0.121. The molecule has 6 heteroatoms. The van der Waals surface area contributed by atoms with Gasteiger partial charge in [-0.3, -0.25) is 4.79 Å². The second-order valence-corrected chi connectivity index (χ2v) is 9.12. The van der Waals surface area contributed by atoms with E-state index in [2.05, 4.69) is 41.4 Å². The maximum atomic E-state index is 12.6. The zero-order valence-electron chi connectivity index (χ0n) is 20.2. The van der Waals surface area contributed by atoms with Gasteiger partial charge in [0.05, 0.1) is 10.5 Å². The van der Waals surface area contributed by atoms with Crippen LogP contribution in [0.4, 0.5) is 5.82 Å². The van der Waals surface area contributed by atoms with Gasteiger partial charge in [0.15, 0.2) is 5.82 Å². The number of anilines is 1. The Morgan fingerprint density at radius 3 is 2.43 bits per heavy atom. The van der Waals surface area contributed by atoms with E-state index < -0.39 is 0 Å². The van der Waals surface area contributed by atoms with Crippen molar-refractivity contribution >= 4 is 34.2 Å². The first-order valence-corrected chi connectivity index (χ1v) is 12.5. The number of carbonyl (C=O) groups is 1. The minimum atomic E-state index is 0.0498. The number of amides is 1. The molecule has 0 saturated carbocycles. The molecule has 0 saturated heterocycles. The van der Waals surface area contributed by atoms with E-state index >= 15 is 0 Å². The van der Waals surface area contributed by atoms with Crippen molar-refractivity contribution < 1.29 is 4.79 Å². The molecule has 1 aromatic heterocycles. The van der Waals surface area contributed by atoms with Gasteiger partial charge in [-0.2, -0.15) is 0 Å². The summed E-state index contributed by atoms with van der Waals surface area (Å²) in [6, 6.07) is 26.2. The maximum absolute atomic E-state index is 12.6. The van der Waals surface area contributed by atoms with Crippen molar-refractivity contribution in [2.24, 2.45) is 0 Å². The molecule has 0 radical (unpaired) electrons. The third-order valence-corrected chi connectivity index (χ3v) is 6.47. The molecule has 0 aliphatic heterocycles. The Kier molecular flexibility index (Phi) is 8.32. The molecular formula is C29H31ClN4O. The van der Waals surface area contributed by atoms with Gasteiger partial charge in [-0.1, -0.05) is 73.1 Å². The number of hydrogen-bond acceptors (Lipinski definition) is 4. The van der Waals surface area contributed by atoms with Crippen molar-refractivity contribution in [1.82, 2.24) is 15.3 Å². The van der Waals surface area contributed by atoms with Gasteiger partial charge in [-0.25, -0.2) is 9.97 Å². The van der Waals surface area contributed by atoms with Crippen molar-refractivity contribution in [2.45, 2.75) is 39.2 Å². The predicted molar refractivity (Wildman–Crippen MR) is 145 cm³/mol. The van der Waals surface area contributed by atoms with Gasteiger partial charge in [-0.15, -0.1) is 0 Å². The average Bonchev–Trinajstić information content (AvgIpc) is 2.89. The molecule has 0 bridgehead atoms. The van der Waals surface area contributed by atoms with Crippen LogP contribution in [0.3, 0.4) is 0 Å². The van der Waals surface area contributed by atoms with Crippen molar-refractivity contribution in [3.8, 4) is 11.4 Å². The van der Waals surface area contributed by atoms with Crippen LogP contribution in [-0.2, 0) is 11.2 Å². The molecule has 0 aliphatic carbocycles. The second kappa shape index (κ2) is 11.8. The molecule has 180 valence electrons. The highest BCUT2D eigenvalue weighted by atomic mass is 35.5. The van der Waals surface area contributed by atoms with Crippen LogP contribution < -0.4 is 10.2 Å². The number of benzene rings is 3. The van der Waals surface area contributed by atoms with Crippen LogP contribution in [-0.4, -0.2) is 35.0 Å². The van der Waals surface area contributed by atoms with Crippen molar-refractivity contribution in [3.63, 3.8) is 0 Å². The van der Waals surface area contributed by atoms with E-state index in [0.717, 1.165) is 41.7 Å². The highest BCUT2D eigenvalue weighted by molar-refractivity contribution is 6.33. The van der Waals surface area contributed by atoms with Crippen LogP contribution in [0, 0.1) is 0 Å². The minimum absolute atomic E-state index is 0.0498. The molecule has 1 amide bonds. The SMILES string of the molecule is CC[C@@H](C)NC(=O)CCN(CCc1ccccc1)c1nc(-c2ccccc2Cl)nc2ccccc12. The van der Waals surface area contributed by atoms with Crippen LogP contribution in [0.2, 0.25) is 5.02 Å². The predicted octanol–water partition coefficient (Wildman–Crippen LogP) is 6.30. The number of nitrogens with one attached hydrogen (secondary N) is 1.